The molecule has 1 saturated heterocycles. The van der Waals surface area contributed by atoms with Crippen LogP contribution >= 0.6 is 46.6 Å². The van der Waals surface area contributed by atoms with Crippen molar-refractivity contribution in [1.29, 1.82) is 0 Å². The van der Waals surface area contributed by atoms with Crippen LogP contribution in [0.25, 0.3) is 6.08 Å². The first-order valence-corrected chi connectivity index (χ1v) is 12.2. The van der Waals surface area contributed by atoms with Gasteiger partial charge in [0.15, 0.2) is 0 Å². The Morgan fingerprint density at radius 3 is 2.38 bits per heavy atom. The van der Waals surface area contributed by atoms with E-state index in [4.69, 9.17) is 44.3 Å². The topological polar surface area (TPSA) is 55.8 Å². The zero-order chi connectivity index (χ0) is 24.1. The summed E-state index contributed by atoms with van der Waals surface area (Å²) in [4.78, 5) is 26.8. The molecule has 174 valence electrons. The second kappa shape index (κ2) is 11.2. The number of halogens is 3. The molecule has 1 heterocycles. The first-order chi connectivity index (χ1) is 16.4. The van der Waals surface area contributed by atoms with Crippen LogP contribution in [-0.4, -0.2) is 29.2 Å². The third-order valence-electron chi connectivity index (χ3n) is 4.83. The van der Waals surface area contributed by atoms with Crippen LogP contribution in [0.3, 0.4) is 0 Å². The minimum absolute atomic E-state index is 0.0842. The van der Waals surface area contributed by atoms with Crippen LogP contribution in [0.4, 0.5) is 4.79 Å². The quantitative estimate of drug-likeness (QED) is 0.283. The van der Waals surface area contributed by atoms with E-state index in [1.54, 1.807) is 42.5 Å². The number of nitrogens with zero attached hydrogens (tertiary/aromatic N) is 1. The molecule has 0 N–H and O–H groups in total. The van der Waals surface area contributed by atoms with E-state index in [1.807, 2.05) is 30.3 Å². The van der Waals surface area contributed by atoms with E-state index in [9.17, 15) is 9.59 Å². The zero-order valence-corrected chi connectivity index (χ0v) is 20.8. The molecule has 9 heteroatoms. The van der Waals surface area contributed by atoms with E-state index in [1.165, 1.54) is 0 Å². The van der Waals surface area contributed by atoms with Gasteiger partial charge in [0.25, 0.3) is 11.1 Å². The van der Waals surface area contributed by atoms with Gasteiger partial charge in [-0.1, -0.05) is 77.3 Å². The zero-order valence-electron chi connectivity index (χ0n) is 17.7. The van der Waals surface area contributed by atoms with Crippen LogP contribution in [0.2, 0.25) is 15.1 Å². The minimum atomic E-state index is -0.428. The van der Waals surface area contributed by atoms with E-state index in [0.29, 0.717) is 32.1 Å². The van der Waals surface area contributed by atoms with Crippen molar-refractivity contribution in [3.8, 4) is 11.5 Å². The smallest absolute Gasteiger partial charge is 0.293 e. The van der Waals surface area contributed by atoms with Crippen LogP contribution in [0, 0.1) is 0 Å². The fourth-order valence-electron chi connectivity index (χ4n) is 3.21. The molecule has 0 radical (unpaired) electrons. The van der Waals surface area contributed by atoms with E-state index in [0.717, 1.165) is 22.2 Å². The summed E-state index contributed by atoms with van der Waals surface area (Å²) < 4.78 is 11.6. The lowest BCUT2D eigenvalue weighted by Gasteiger charge is -2.14. The number of carbonyl (C=O) groups is 2. The molecule has 0 unspecified atom stereocenters. The van der Waals surface area contributed by atoms with Gasteiger partial charge in [0, 0.05) is 10.6 Å². The molecular weight excluding hydrogens is 517 g/mol. The highest BCUT2D eigenvalue weighted by atomic mass is 35.5. The lowest BCUT2D eigenvalue weighted by molar-refractivity contribution is -0.123. The fourth-order valence-corrected chi connectivity index (χ4v) is 4.82. The van der Waals surface area contributed by atoms with E-state index < -0.39 is 5.91 Å². The standard InChI is InChI=1S/C25H18Cl3NO4S/c26-18-12-17(23(20(28)14-18)33-15-16-6-2-1-3-7-16)13-22-24(30)29(25(31)34-22)10-11-32-21-9-5-4-8-19(21)27/h1-9,12-14H,10-11,15H2/b22-13-. The molecule has 4 rings (SSSR count). The SMILES string of the molecule is O=C1S/C(=C\c2cc(Cl)cc(Cl)c2OCc2ccccc2)C(=O)N1CCOc1ccccc1Cl. The second-order valence-electron chi connectivity index (χ2n) is 7.19. The average Bonchev–Trinajstić information content (AvgIpc) is 3.07. The van der Waals surface area contributed by atoms with E-state index in [2.05, 4.69) is 0 Å². The maximum atomic E-state index is 12.9. The molecule has 0 aliphatic carbocycles. The Balaban J connectivity index is 1.49. The number of hydrogen-bond acceptors (Lipinski definition) is 5. The first-order valence-electron chi connectivity index (χ1n) is 10.2. The molecule has 5 nitrogen and oxygen atoms in total. The number of thioether (sulfide) groups is 1. The molecular formula is C25H18Cl3NO4S. The summed E-state index contributed by atoms with van der Waals surface area (Å²) >= 11 is 19.5. The average molecular weight is 535 g/mol. The molecule has 0 spiro atoms. The number of rotatable bonds is 8. The van der Waals surface area contributed by atoms with Crippen LogP contribution in [-0.2, 0) is 11.4 Å². The number of hydrogen-bond donors (Lipinski definition) is 0. The van der Waals surface area contributed by atoms with Gasteiger partial charge in [0.2, 0.25) is 0 Å². The van der Waals surface area contributed by atoms with Crippen molar-refractivity contribution in [3.05, 3.63) is 97.8 Å². The molecule has 0 saturated carbocycles. The maximum Gasteiger partial charge on any atom is 0.293 e. The van der Waals surface area contributed by atoms with Crippen molar-refractivity contribution in [2.75, 3.05) is 13.2 Å². The van der Waals surface area contributed by atoms with Crippen molar-refractivity contribution in [2.24, 2.45) is 0 Å². The number of ether oxygens (including phenoxy) is 2. The highest BCUT2D eigenvalue weighted by Crippen LogP contribution is 2.38. The lowest BCUT2D eigenvalue weighted by Crippen LogP contribution is -2.32. The highest BCUT2D eigenvalue weighted by molar-refractivity contribution is 8.18. The summed E-state index contributed by atoms with van der Waals surface area (Å²) in [6, 6.07) is 19.8. The second-order valence-corrected chi connectivity index (χ2v) is 9.44. The summed E-state index contributed by atoms with van der Waals surface area (Å²) in [6.45, 7) is 0.480. The Labute approximate surface area is 216 Å². The van der Waals surface area contributed by atoms with Gasteiger partial charge in [0.05, 0.1) is 21.5 Å². The molecule has 3 aromatic rings. The molecule has 1 aliphatic heterocycles. The van der Waals surface area contributed by atoms with Crippen molar-refractivity contribution < 1.29 is 19.1 Å². The van der Waals surface area contributed by atoms with Gasteiger partial charge in [-0.3, -0.25) is 14.5 Å². The summed E-state index contributed by atoms with van der Waals surface area (Å²) in [7, 11) is 0. The Bertz CT molecular complexity index is 1250. The van der Waals surface area contributed by atoms with Crippen molar-refractivity contribution in [2.45, 2.75) is 6.61 Å². The Hall–Kier alpha value is -2.64. The van der Waals surface area contributed by atoms with E-state index >= 15 is 0 Å². The number of carbonyl (C=O) groups excluding carboxylic acids is 2. The third-order valence-corrected chi connectivity index (χ3v) is 6.55. The Morgan fingerprint density at radius 2 is 1.62 bits per heavy atom. The first kappa shape index (κ1) is 24.5. The summed E-state index contributed by atoms with van der Waals surface area (Å²) in [5.74, 6) is 0.437. The fraction of sp³-hybridized carbons (Fsp3) is 0.120. The van der Waals surface area contributed by atoms with Crippen LogP contribution in [0.5, 0.6) is 11.5 Å². The number of imide groups is 1. The third kappa shape index (κ3) is 5.88. The van der Waals surface area contributed by atoms with Crippen molar-refractivity contribution >= 4 is 63.8 Å². The molecule has 0 bridgehead atoms. The number of amides is 2. The predicted octanol–water partition coefficient (Wildman–Crippen LogP) is 7.34. The van der Waals surface area contributed by atoms with Crippen LogP contribution < -0.4 is 9.47 Å². The Morgan fingerprint density at radius 1 is 0.882 bits per heavy atom. The Kier molecular flexibility index (Phi) is 8.06. The maximum absolute atomic E-state index is 12.9. The number of benzene rings is 3. The molecule has 1 fully saturated rings. The van der Waals surface area contributed by atoms with Crippen molar-refractivity contribution in [3.63, 3.8) is 0 Å². The van der Waals surface area contributed by atoms with Crippen LogP contribution in [0.15, 0.2) is 71.6 Å². The normalized spacial score (nSPS) is 14.7. The number of para-hydroxylation sites is 1. The molecule has 0 atom stereocenters. The molecule has 1 aliphatic rings. The molecule has 2 amide bonds. The summed E-state index contributed by atoms with van der Waals surface area (Å²) in [5.41, 5.74) is 1.46. The van der Waals surface area contributed by atoms with Gasteiger partial charge < -0.3 is 9.47 Å². The molecule has 0 aromatic heterocycles. The molecule has 34 heavy (non-hydrogen) atoms. The largest absolute Gasteiger partial charge is 0.490 e. The van der Waals surface area contributed by atoms with Gasteiger partial charge in [-0.25, -0.2) is 0 Å². The van der Waals surface area contributed by atoms with Gasteiger partial charge in [-0.05, 0) is 47.7 Å². The monoisotopic (exact) mass is 533 g/mol. The summed E-state index contributed by atoms with van der Waals surface area (Å²) in [6.07, 6.45) is 1.57. The van der Waals surface area contributed by atoms with Crippen molar-refractivity contribution in [1.82, 2.24) is 4.90 Å². The van der Waals surface area contributed by atoms with Gasteiger partial charge in [-0.15, -0.1) is 0 Å². The van der Waals surface area contributed by atoms with Gasteiger partial charge in [0.1, 0.15) is 24.7 Å². The predicted molar refractivity (Wildman–Crippen MR) is 137 cm³/mol. The highest BCUT2D eigenvalue weighted by Gasteiger charge is 2.35. The minimum Gasteiger partial charge on any atom is -0.490 e. The molecule has 3 aromatic carbocycles. The van der Waals surface area contributed by atoms with Gasteiger partial charge in [-0.2, -0.15) is 0 Å². The van der Waals surface area contributed by atoms with Crippen LogP contribution in [0.1, 0.15) is 11.1 Å². The van der Waals surface area contributed by atoms with Gasteiger partial charge >= 0.3 is 0 Å². The summed E-state index contributed by atoms with van der Waals surface area (Å²) in [5, 5.41) is 0.758. The lowest BCUT2D eigenvalue weighted by atomic mass is 10.1. The van der Waals surface area contributed by atoms with E-state index in [-0.39, 0.29) is 29.9 Å².